The monoisotopic (exact) mass is 461 g/mol. The SMILES string of the molecule is CC(C)CNC(=O)C1CCCN(C(=O)c2cccc(NS(=O)(=O)c3ccc(F)cc3)c2)C1. The number of nitrogens with zero attached hydrogens (tertiary/aromatic N) is 1. The maximum Gasteiger partial charge on any atom is 0.261 e. The molecule has 1 fully saturated rings. The number of sulfonamides is 1. The first-order valence-corrected chi connectivity index (χ1v) is 12.1. The summed E-state index contributed by atoms with van der Waals surface area (Å²) in [5.41, 5.74) is 0.552. The van der Waals surface area contributed by atoms with E-state index in [2.05, 4.69) is 10.0 Å². The van der Waals surface area contributed by atoms with E-state index in [-0.39, 0.29) is 28.3 Å². The first kappa shape index (κ1) is 23.7. The van der Waals surface area contributed by atoms with E-state index in [9.17, 15) is 22.4 Å². The third kappa shape index (κ3) is 6.06. The molecule has 2 N–H and O–H groups in total. The minimum absolute atomic E-state index is 0.0444. The quantitative estimate of drug-likeness (QED) is 0.662. The van der Waals surface area contributed by atoms with Crippen molar-refractivity contribution in [2.24, 2.45) is 11.8 Å². The van der Waals surface area contributed by atoms with Crippen molar-refractivity contribution >= 4 is 27.5 Å². The molecule has 1 atom stereocenters. The van der Waals surface area contributed by atoms with Gasteiger partial charge in [0.2, 0.25) is 5.91 Å². The van der Waals surface area contributed by atoms with E-state index in [0.717, 1.165) is 25.0 Å². The standard InChI is InChI=1S/C23H28FN3O4S/c1-16(2)14-25-22(28)18-6-4-12-27(15-18)23(29)17-5-3-7-20(13-17)26-32(30,31)21-10-8-19(24)9-11-21/h3,5,7-11,13,16,18,26H,4,6,12,14-15H2,1-2H3,(H,25,28). The van der Waals surface area contributed by atoms with Gasteiger partial charge in [-0.25, -0.2) is 12.8 Å². The van der Waals surface area contributed by atoms with Crippen LogP contribution in [-0.4, -0.2) is 44.8 Å². The number of likely N-dealkylation sites (tertiary alicyclic amines) is 1. The highest BCUT2D eigenvalue weighted by Crippen LogP contribution is 2.22. The van der Waals surface area contributed by atoms with E-state index < -0.39 is 15.8 Å². The first-order valence-electron chi connectivity index (χ1n) is 10.6. The van der Waals surface area contributed by atoms with Gasteiger partial charge in [0.1, 0.15) is 5.82 Å². The molecule has 3 rings (SSSR count). The number of hydrogen-bond donors (Lipinski definition) is 2. The zero-order valence-corrected chi connectivity index (χ0v) is 19.0. The van der Waals surface area contributed by atoms with Gasteiger partial charge in [-0.2, -0.15) is 0 Å². The summed E-state index contributed by atoms with van der Waals surface area (Å²) in [6.07, 6.45) is 1.45. The normalized spacial score (nSPS) is 16.6. The van der Waals surface area contributed by atoms with Gasteiger partial charge in [0.15, 0.2) is 0 Å². The number of anilines is 1. The Morgan fingerprint density at radius 3 is 2.56 bits per heavy atom. The fraction of sp³-hybridized carbons (Fsp3) is 0.391. The van der Waals surface area contributed by atoms with Crippen LogP contribution in [0.2, 0.25) is 0 Å². The maximum absolute atomic E-state index is 13.1. The van der Waals surface area contributed by atoms with Crippen LogP contribution in [-0.2, 0) is 14.8 Å². The lowest BCUT2D eigenvalue weighted by atomic mass is 9.96. The van der Waals surface area contributed by atoms with Crippen LogP contribution >= 0.6 is 0 Å². The van der Waals surface area contributed by atoms with Crippen LogP contribution in [0.3, 0.4) is 0 Å². The summed E-state index contributed by atoms with van der Waals surface area (Å²) in [5, 5.41) is 2.93. The predicted molar refractivity (Wildman–Crippen MR) is 120 cm³/mol. The molecule has 2 aromatic carbocycles. The van der Waals surface area contributed by atoms with Crippen LogP contribution in [0, 0.1) is 17.7 Å². The van der Waals surface area contributed by atoms with Crippen LogP contribution in [0.25, 0.3) is 0 Å². The lowest BCUT2D eigenvalue weighted by Crippen LogP contribution is -2.46. The van der Waals surface area contributed by atoms with Gasteiger partial charge in [0.25, 0.3) is 15.9 Å². The molecule has 1 heterocycles. The summed E-state index contributed by atoms with van der Waals surface area (Å²) in [7, 11) is -3.93. The van der Waals surface area contributed by atoms with E-state index in [0.29, 0.717) is 31.1 Å². The van der Waals surface area contributed by atoms with Crippen molar-refractivity contribution < 1.29 is 22.4 Å². The minimum atomic E-state index is -3.93. The van der Waals surface area contributed by atoms with Crippen molar-refractivity contribution in [2.45, 2.75) is 31.6 Å². The predicted octanol–water partition coefficient (Wildman–Crippen LogP) is 3.25. The smallest absolute Gasteiger partial charge is 0.261 e. The van der Waals surface area contributed by atoms with E-state index in [1.807, 2.05) is 13.8 Å². The summed E-state index contributed by atoms with van der Waals surface area (Å²) < 4.78 is 40.6. The topological polar surface area (TPSA) is 95.6 Å². The number of benzene rings is 2. The Morgan fingerprint density at radius 1 is 1.16 bits per heavy atom. The van der Waals surface area contributed by atoms with Crippen LogP contribution in [0.4, 0.5) is 10.1 Å². The van der Waals surface area contributed by atoms with Crippen LogP contribution < -0.4 is 10.0 Å². The summed E-state index contributed by atoms with van der Waals surface area (Å²) >= 11 is 0. The van der Waals surface area contributed by atoms with Gasteiger partial charge < -0.3 is 10.2 Å². The molecule has 0 aromatic heterocycles. The molecule has 2 amide bonds. The highest BCUT2D eigenvalue weighted by Gasteiger charge is 2.29. The fourth-order valence-corrected chi connectivity index (χ4v) is 4.60. The highest BCUT2D eigenvalue weighted by atomic mass is 32.2. The average Bonchev–Trinajstić information content (AvgIpc) is 2.77. The second-order valence-electron chi connectivity index (χ2n) is 8.37. The lowest BCUT2D eigenvalue weighted by molar-refractivity contribution is -0.126. The molecular formula is C23H28FN3O4S. The Labute approximate surface area is 188 Å². The lowest BCUT2D eigenvalue weighted by Gasteiger charge is -2.32. The summed E-state index contributed by atoms with van der Waals surface area (Å²) in [5.74, 6) is -0.742. The molecule has 9 heteroatoms. The number of amides is 2. The third-order valence-electron chi connectivity index (χ3n) is 5.25. The van der Waals surface area contributed by atoms with Crippen molar-refractivity contribution in [2.75, 3.05) is 24.4 Å². The molecule has 0 radical (unpaired) electrons. The van der Waals surface area contributed by atoms with Gasteiger partial charge >= 0.3 is 0 Å². The van der Waals surface area contributed by atoms with E-state index in [1.165, 1.54) is 24.3 Å². The molecular weight excluding hydrogens is 433 g/mol. The third-order valence-corrected chi connectivity index (χ3v) is 6.65. The summed E-state index contributed by atoms with van der Waals surface area (Å²) in [4.78, 5) is 27.0. The second kappa shape index (κ2) is 10.1. The van der Waals surface area contributed by atoms with Gasteiger partial charge in [-0.3, -0.25) is 14.3 Å². The van der Waals surface area contributed by atoms with Crippen molar-refractivity contribution in [1.29, 1.82) is 0 Å². The molecule has 1 aliphatic rings. The Balaban J connectivity index is 1.69. The maximum atomic E-state index is 13.1. The Morgan fingerprint density at radius 2 is 1.88 bits per heavy atom. The number of halogens is 1. The second-order valence-corrected chi connectivity index (χ2v) is 10.1. The molecule has 1 saturated heterocycles. The van der Waals surface area contributed by atoms with Crippen LogP contribution in [0.5, 0.6) is 0 Å². The zero-order chi connectivity index (χ0) is 23.3. The Hall–Kier alpha value is -2.94. The largest absolute Gasteiger partial charge is 0.356 e. The van der Waals surface area contributed by atoms with Gasteiger partial charge in [0, 0.05) is 30.9 Å². The van der Waals surface area contributed by atoms with Crippen LogP contribution in [0.1, 0.15) is 37.0 Å². The van der Waals surface area contributed by atoms with Crippen molar-refractivity contribution in [3.8, 4) is 0 Å². The molecule has 0 bridgehead atoms. The van der Waals surface area contributed by atoms with E-state index >= 15 is 0 Å². The highest BCUT2D eigenvalue weighted by molar-refractivity contribution is 7.92. The number of piperidine rings is 1. The molecule has 1 unspecified atom stereocenters. The molecule has 0 spiro atoms. The first-order chi connectivity index (χ1) is 15.2. The van der Waals surface area contributed by atoms with Crippen molar-refractivity contribution in [3.63, 3.8) is 0 Å². The molecule has 172 valence electrons. The van der Waals surface area contributed by atoms with Gasteiger partial charge in [0.05, 0.1) is 10.8 Å². The summed E-state index contributed by atoms with van der Waals surface area (Å²) in [6.45, 7) is 5.51. The molecule has 0 aliphatic carbocycles. The Bertz CT molecular complexity index is 1070. The molecule has 32 heavy (non-hydrogen) atoms. The van der Waals surface area contributed by atoms with E-state index in [1.54, 1.807) is 17.0 Å². The van der Waals surface area contributed by atoms with Gasteiger partial charge in [-0.1, -0.05) is 19.9 Å². The molecule has 7 nitrogen and oxygen atoms in total. The number of carbonyl (C=O) groups is 2. The van der Waals surface area contributed by atoms with E-state index in [4.69, 9.17) is 0 Å². The van der Waals surface area contributed by atoms with Crippen molar-refractivity contribution in [1.82, 2.24) is 10.2 Å². The number of carbonyl (C=O) groups excluding carboxylic acids is 2. The number of hydrogen-bond acceptors (Lipinski definition) is 4. The Kier molecular flexibility index (Phi) is 7.50. The van der Waals surface area contributed by atoms with Gasteiger partial charge in [-0.15, -0.1) is 0 Å². The molecule has 1 aliphatic heterocycles. The zero-order valence-electron chi connectivity index (χ0n) is 18.2. The molecule has 2 aromatic rings. The van der Waals surface area contributed by atoms with Gasteiger partial charge in [-0.05, 0) is 61.2 Å². The number of rotatable bonds is 7. The fourth-order valence-electron chi connectivity index (χ4n) is 3.55. The summed E-state index contributed by atoms with van der Waals surface area (Å²) in [6, 6.07) is 10.7. The minimum Gasteiger partial charge on any atom is -0.356 e. The number of nitrogens with one attached hydrogen (secondary N) is 2. The van der Waals surface area contributed by atoms with Crippen LogP contribution in [0.15, 0.2) is 53.4 Å². The van der Waals surface area contributed by atoms with Crippen molar-refractivity contribution in [3.05, 3.63) is 59.9 Å². The average molecular weight is 462 g/mol. The molecule has 0 saturated carbocycles.